The number of benzene rings is 1. The van der Waals surface area contributed by atoms with Gasteiger partial charge in [0, 0.05) is 25.2 Å². The third-order valence-corrected chi connectivity index (χ3v) is 4.83. The molecule has 1 atom stereocenters. The van der Waals surface area contributed by atoms with E-state index in [-0.39, 0.29) is 42.8 Å². The highest BCUT2D eigenvalue weighted by Crippen LogP contribution is 2.23. The molecule has 2 N–H and O–H groups in total. The van der Waals surface area contributed by atoms with Crippen LogP contribution in [0.25, 0.3) is 0 Å². The zero-order valence-electron chi connectivity index (χ0n) is 14.2. The zero-order valence-corrected chi connectivity index (χ0v) is 14.2. The maximum Gasteiger partial charge on any atom is 0.231 e. The SMILES string of the molecule is NC(=O)CN1CCC[C@@H](C(=O)N2CC(OCc3ccccc3F)C2)C1. The Morgan fingerprint density at radius 1 is 1.24 bits per heavy atom. The Bertz CT molecular complexity index is 634. The Labute approximate surface area is 146 Å². The first-order valence-corrected chi connectivity index (χ1v) is 8.67. The Hall–Kier alpha value is -1.99. The number of ether oxygens (including phenoxy) is 1. The highest BCUT2D eigenvalue weighted by molar-refractivity contribution is 5.80. The van der Waals surface area contributed by atoms with Crippen LogP contribution in [0.4, 0.5) is 4.39 Å². The molecule has 2 aliphatic rings. The summed E-state index contributed by atoms with van der Waals surface area (Å²) in [6.07, 6.45) is 1.68. The summed E-state index contributed by atoms with van der Waals surface area (Å²) >= 11 is 0. The van der Waals surface area contributed by atoms with E-state index in [1.54, 1.807) is 23.1 Å². The lowest BCUT2D eigenvalue weighted by molar-refractivity contribution is -0.152. The minimum absolute atomic E-state index is 0.0473. The number of carbonyl (C=O) groups is 2. The number of amides is 2. The Morgan fingerprint density at radius 3 is 2.72 bits per heavy atom. The van der Waals surface area contributed by atoms with Crippen molar-refractivity contribution >= 4 is 11.8 Å². The molecule has 0 bridgehead atoms. The highest BCUT2D eigenvalue weighted by atomic mass is 19.1. The third kappa shape index (κ3) is 4.55. The third-order valence-electron chi connectivity index (χ3n) is 4.83. The molecule has 2 saturated heterocycles. The first-order valence-electron chi connectivity index (χ1n) is 8.67. The average Bonchev–Trinajstić information content (AvgIpc) is 2.54. The van der Waals surface area contributed by atoms with E-state index < -0.39 is 0 Å². The van der Waals surface area contributed by atoms with Gasteiger partial charge in [-0.15, -0.1) is 0 Å². The second-order valence-corrected chi connectivity index (χ2v) is 6.81. The van der Waals surface area contributed by atoms with Crippen molar-refractivity contribution in [3.8, 4) is 0 Å². The molecule has 25 heavy (non-hydrogen) atoms. The molecule has 1 aromatic rings. The largest absolute Gasteiger partial charge is 0.370 e. The summed E-state index contributed by atoms with van der Waals surface area (Å²) in [6, 6.07) is 6.54. The molecule has 0 aromatic heterocycles. The molecule has 6 nitrogen and oxygen atoms in total. The van der Waals surface area contributed by atoms with Gasteiger partial charge in [-0.1, -0.05) is 18.2 Å². The van der Waals surface area contributed by atoms with Crippen LogP contribution in [-0.2, 0) is 20.9 Å². The second-order valence-electron chi connectivity index (χ2n) is 6.81. The van der Waals surface area contributed by atoms with Gasteiger partial charge in [0.25, 0.3) is 0 Å². The molecule has 2 aliphatic heterocycles. The Balaban J connectivity index is 1.42. The topological polar surface area (TPSA) is 75.9 Å². The van der Waals surface area contributed by atoms with Gasteiger partial charge in [0.2, 0.25) is 11.8 Å². The van der Waals surface area contributed by atoms with Gasteiger partial charge in [-0.2, -0.15) is 0 Å². The lowest BCUT2D eigenvalue weighted by atomic mass is 9.95. The molecule has 2 amide bonds. The van der Waals surface area contributed by atoms with E-state index >= 15 is 0 Å². The highest BCUT2D eigenvalue weighted by Gasteiger charge is 2.36. The van der Waals surface area contributed by atoms with Gasteiger partial charge in [0.05, 0.1) is 25.2 Å². The van der Waals surface area contributed by atoms with Crippen LogP contribution in [0.3, 0.4) is 0 Å². The Morgan fingerprint density at radius 2 is 2.00 bits per heavy atom. The van der Waals surface area contributed by atoms with E-state index in [1.165, 1.54) is 6.07 Å². The van der Waals surface area contributed by atoms with Gasteiger partial charge in [-0.3, -0.25) is 14.5 Å². The first-order chi connectivity index (χ1) is 12.0. The minimum atomic E-state index is -0.362. The number of primary amides is 1. The molecule has 2 heterocycles. The zero-order chi connectivity index (χ0) is 17.8. The van der Waals surface area contributed by atoms with Crippen LogP contribution in [0.2, 0.25) is 0 Å². The summed E-state index contributed by atoms with van der Waals surface area (Å²) in [7, 11) is 0. The minimum Gasteiger partial charge on any atom is -0.370 e. The molecule has 7 heteroatoms. The number of rotatable bonds is 6. The van der Waals surface area contributed by atoms with Crippen molar-refractivity contribution in [2.45, 2.75) is 25.6 Å². The van der Waals surface area contributed by atoms with Crippen LogP contribution in [0.15, 0.2) is 24.3 Å². The van der Waals surface area contributed by atoms with Crippen LogP contribution < -0.4 is 5.73 Å². The summed E-state index contributed by atoms with van der Waals surface area (Å²) in [5.74, 6) is -0.606. The molecule has 0 spiro atoms. The number of nitrogens with zero attached hydrogens (tertiary/aromatic N) is 2. The molecular formula is C18H24FN3O3. The predicted molar refractivity (Wildman–Crippen MR) is 89.9 cm³/mol. The van der Waals surface area contributed by atoms with Crippen LogP contribution in [0, 0.1) is 11.7 Å². The number of halogens is 1. The average molecular weight is 349 g/mol. The number of hydrogen-bond acceptors (Lipinski definition) is 4. The van der Waals surface area contributed by atoms with Crippen molar-refractivity contribution in [3.63, 3.8) is 0 Å². The smallest absolute Gasteiger partial charge is 0.231 e. The van der Waals surface area contributed by atoms with Gasteiger partial charge < -0.3 is 15.4 Å². The van der Waals surface area contributed by atoms with Crippen molar-refractivity contribution in [1.82, 2.24) is 9.80 Å². The van der Waals surface area contributed by atoms with Crippen LogP contribution in [0.5, 0.6) is 0 Å². The summed E-state index contributed by atoms with van der Waals surface area (Å²) < 4.78 is 19.2. The summed E-state index contributed by atoms with van der Waals surface area (Å²) in [6.45, 7) is 2.90. The van der Waals surface area contributed by atoms with Gasteiger partial charge in [0.15, 0.2) is 0 Å². The second kappa shape index (κ2) is 7.93. The number of nitrogens with two attached hydrogens (primary N) is 1. The molecule has 136 valence electrons. The van der Waals surface area contributed by atoms with E-state index in [0.29, 0.717) is 25.2 Å². The van der Waals surface area contributed by atoms with Gasteiger partial charge in [0.1, 0.15) is 5.82 Å². The van der Waals surface area contributed by atoms with Crippen molar-refractivity contribution in [2.24, 2.45) is 11.7 Å². The fraction of sp³-hybridized carbons (Fsp3) is 0.556. The molecule has 0 aliphatic carbocycles. The lowest BCUT2D eigenvalue weighted by Crippen LogP contribution is -2.58. The summed E-state index contributed by atoms with van der Waals surface area (Å²) in [5, 5.41) is 0. The van der Waals surface area contributed by atoms with Gasteiger partial charge >= 0.3 is 0 Å². The number of piperidine rings is 1. The fourth-order valence-electron chi connectivity index (χ4n) is 3.43. The van der Waals surface area contributed by atoms with Gasteiger partial charge in [-0.05, 0) is 25.5 Å². The number of likely N-dealkylation sites (tertiary alicyclic amines) is 2. The molecule has 0 radical (unpaired) electrons. The predicted octanol–water partition coefficient (Wildman–Crippen LogP) is 0.750. The van der Waals surface area contributed by atoms with Crippen molar-refractivity contribution < 1.29 is 18.7 Å². The molecule has 0 saturated carbocycles. The van der Waals surface area contributed by atoms with Crippen molar-refractivity contribution in [3.05, 3.63) is 35.6 Å². The summed E-state index contributed by atoms with van der Waals surface area (Å²) in [4.78, 5) is 27.3. The first kappa shape index (κ1) is 17.8. The quantitative estimate of drug-likeness (QED) is 0.822. The van der Waals surface area contributed by atoms with Crippen molar-refractivity contribution in [2.75, 3.05) is 32.7 Å². The van der Waals surface area contributed by atoms with Crippen LogP contribution >= 0.6 is 0 Å². The number of carbonyl (C=O) groups excluding carboxylic acids is 2. The van der Waals surface area contributed by atoms with E-state index in [9.17, 15) is 14.0 Å². The normalized spacial score (nSPS) is 21.8. The van der Waals surface area contributed by atoms with E-state index in [0.717, 1.165) is 19.4 Å². The van der Waals surface area contributed by atoms with E-state index in [1.807, 2.05) is 4.90 Å². The van der Waals surface area contributed by atoms with Crippen LogP contribution in [-0.4, -0.2) is 60.4 Å². The maximum absolute atomic E-state index is 13.6. The van der Waals surface area contributed by atoms with E-state index in [2.05, 4.69) is 0 Å². The summed E-state index contributed by atoms with van der Waals surface area (Å²) in [5.41, 5.74) is 5.76. The monoisotopic (exact) mass is 349 g/mol. The van der Waals surface area contributed by atoms with Crippen LogP contribution in [0.1, 0.15) is 18.4 Å². The van der Waals surface area contributed by atoms with E-state index in [4.69, 9.17) is 10.5 Å². The maximum atomic E-state index is 13.6. The molecule has 3 rings (SSSR count). The molecule has 1 aromatic carbocycles. The van der Waals surface area contributed by atoms with Gasteiger partial charge in [-0.25, -0.2) is 4.39 Å². The molecular weight excluding hydrogens is 325 g/mol. The standard InChI is InChI=1S/C18H24FN3O3/c19-16-6-2-1-4-14(16)12-25-15-9-22(10-15)18(24)13-5-3-7-21(8-13)11-17(20)23/h1-2,4,6,13,15H,3,5,7-12H2,(H2,20,23)/t13-/m1/s1. The number of hydrogen-bond donors (Lipinski definition) is 1. The van der Waals surface area contributed by atoms with Crippen molar-refractivity contribution in [1.29, 1.82) is 0 Å². The fourth-order valence-corrected chi connectivity index (χ4v) is 3.43. The molecule has 0 unspecified atom stereocenters. The Kier molecular flexibility index (Phi) is 5.65. The lowest BCUT2D eigenvalue weighted by Gasteiger charge is -2.42. The molecule has 2 fully saturated rings.